The Hall–Kier alpha value is -1.81. The van der Waals surface area contributed by atoms with Crippen LogP contribution in [0.2, 0.25) is 0 Å². The van der Waals surface area contributed by atoms with Crippen LogP contribution in [0.4, 0.5) is 0 Å². The van der Waals surface area contributed by atoms with E-state index in [1.807, 2.05) is 38.2 Å². The first-order valence-electron chi connectivity index (χ1n) is 6.11. The lowest BCUT2D eigenvalue weighted by Gasteiger charge is -2.20. The first-order valence-corrected chi connectivity index (χ1v) is 6.11. The zero-order valence-corrected chi connectivity index (χ0v) is 10.6. The number of carbonyl (C=O) groups is 1. The number of nitrogens with one attached hydrogen (secondary N) is 2. The third kappa shape index (κ3) is 2.38. The van der Waals surface area contributed by atoms with Crippen molar-refractivity contribution in [1.82, 2.24) is 10.3 Å². The SMILES string of the molecule is CC(C)[C@@H](CO)NC(=O)c1cccc2cc[nH]c12. The Balaban J connectivity index is 2.26. The standard InChI is InChI=1S/C14H18N2O2/c1-9(2)12(8-17)16-14(18)11-5-3-4-10-6-7-15-13(10)11/h3-7,9,12,15,17H,8H2,1-2H3,(H,16,18)/t12-/m1/s1. The third-order valence-electron chi connectivity index (χ3n) is 3.15. The van der Waals surface area contributed by atoms with E-state index in [9.17, 15) is 9.90 Å². The maximum absolute atomic E-state index is 12.2. The van der Waals surface area contributed by atoms with E-state index >= 15 is 0 Å². The van der Waals surface area contributed by atoms with Gasteiger partial charge in [-0.25, -0.2) is 0 Å². The number of hydrogen-bond donors (Lipinski definition) is 3. The molecule has 3 N–H and O–H groups in total. The van der Waals surface area contributed by atoms with Crippen LogP contribution in [0.3, 0.4) is 0 Å². The second-order valence-corrected chi connectivity index (χ2v) is 4.75. The molecule has 4 heteroatoms. The Morgan fingerprint density at radius 3 is 2.83 bits per heavy atom. The van der Waals surface area contributed by atoms with Crippen LogP contribution in [0.25, 0.3) is 10.9 Å². The summed E-state index contributed by atoms with van der Waals surface area (Å²) in [7, 11) is 0. The Labute approximate surface area is 106 Å². The molecule has 1 heterocycles. The van der Waals surface area contributed by atoms with Crippen molar-refractivity contribution >= 4 is 16.8 Å². The van der Waals surface area contributed by atoms with E-state index in [4.69, 9.17) is 0 Å². The van der Waals surface area contributed by atoms with Gasteiger partial charge in [0, 0.05) is 11.6 Å². The summed E-state index contributed by atoms with van der Waals surface area (Å²) in [6, 6.07) is 7.30. The molecule has 0 fully saturated rings. The van der Waals surface area contributed by atoms with Gasteiger partial charge in [0.2, 0.25) is 0 Å². The van der Waals surface area contributed by atoms with E-state index in [-0.39, 0.29) is 24.5 Å². The van der Waals surface area contributed by atoms with Gasteiger partial charge >= 0.3 is 0 Å². The van der Waals surface area contributed by atoms with Gasteiger partial charge in [-0.05, 0) is 18.1 Å². The zero-order chi connectivity index (χ0) is 13.1. The highest BCUT2D eigenvalue weighted by molar-refractivity contribution is 6.05. The van der Waals surface area contributed by atoms with Crippen molar-refractivity contribution in [3.8, 4) is 0 Å². The molecule has 1 amide bonds. The summed E-state index contributed by atoms with van der Waals surface area (Å²) >= 11 is 0. The van der Waals surface area contributed by atoms with Crippen LogP contribution in [-0.4, -0.2) is 28.6 Å². The van der Waals surface area contributed by atoms with Crippen molar-refractivity contribution in [2.24, 2.45) is 5.92 Å². The van der Waals surface area contributed by atoms with Crippen molar-refractivity contribution in [3.63, 3.8) is 0 Å². The predicted octanol–water partition coefficient (Wildman–Crippen LogP) is 1.91. The lowest BCUT2D eigenvalue weighted by molar-refractivity contribution is 0.0898. The zero-order valence-electron chi connectivity index (χ0n) is 10.6. The third-order valence-corrected chi connectivity index (χ3v) is 3.15. The minimum absolute atomic E-state index is 0.0515. The van der Waals surface area contributed by atoms with Crippen LogP contribution in [0.15, 0.2) is 30.5 Å². The fourth-order valence-corrected chi connectivity index (χ4v) is 1.94. The molecule has 18 heavy (non-hydrogen) atoms. The van der Waals surface area contributed by atoms with Crippen LogP contribution < -0.4 is 5.32 Å². The van der Waals surface area contributed by atoms with Gasteiger partial charge in [-0.3, -0.25) is 4.79 Å². The lowest BCUT2D eigenvalue weighted by Crippen LogP contribution is -2.41. The molecule has 96 valence electrons. The number of H-pyrrole nitrogens is 1. The van der Waals surface area contributed by atoms with E-state index in [1.54, 1.807) is 6.07 Å². The van der Waals surface area contributed by atoms with E-state index in [2.05, 4.69) is 10.3 Å². The number of benzene rings is 1. The highest BCUT2D eigenvalue weighted by Crippen LogP contribution is 2.17. The van der Waals surface area contributed by atoms with Gasteiger partial charge in [0.1, 0.15) is 0 Å². The summed E-state index contributed by atoms with van der Waals surface area (Å²) in [5.74, 6) is 0.0394. The van der Waals surface area contributed by atoms with Crippen LogP contribution >= 0.6 is 0 Å². The molecule has 0 unspecified atom stereocenters. The molecule has 0 saturated carbocycles. The molecule has 0 bridgehead atoms. The average Bonchev–Trinajstić information content (AvgIpc) is 2.82. The number of aromatic amines is 1. The van der Waals surface area contributed by atoms with Gasteiger partial charge in [-0.15, -0.1) is 0 Å². The van der Waals surface area contributed by atoms with Crippen molar-refractivity contribution in [3.05, 3.63) is 36.0 Å². The molecule has 1 aromatic heterocycles. The molecule has 0 radical (unpaired) electrons. The Bertz CT molecular complexity index is 545. The maximum Gasteiger partial charge on any atom is 0.253 e. The number of hydrogen-bond acceptors (Lipinski definition) is 2. The highest BCUT2D eigenvalue weighted by Gasteiger charge is 2.17. The topological polar surface area (TPSA) is 65.1 Å². The van der Waals surface area contributed by atoms with Gasteiger partial charge in [0.25, 0.3) is 5.91 Å². The molecule has 1 aromatic carbocycles. The molecule has 2 rings (SSSR count). The van der Waals surface area contributed by atoms with Crippen LogP contribution in [0.1, 0.15) is 24.2 Å². The number of aromatic nitrogens is 1. The number of fused-ring (bicyclic) bond motifs is 1. The maximum atomic E-state index is 12.2. The largest absolute Gasteiger partial charge is 0.394 e. The smallest absolute Gasteiger partial charge is 0.253 e. The molecule has 0 aliphatic carbocycles. The Kier molecular flexibility index (Phi) is 3.67. The average molecular weight is 246 g/mol. The molecule has 2 aromatic rings. The summed E-state index contributed by atoms with van der Waals surface area (Å²) in [6.07, 6.45) is 1.81. The molecular weight excluding hydrogens is 228 g/mol. The molecule has 4 nitrogen and oxygen atoms in total. The first kappa shape index (κ1) is 12.6. The fraction of sp³-hybridized carbons (Fsp3) is 0.357. The van der Waals surface area contributed by atoms with E-state index in [1.165, 1.54) is 0 Å². The number of aliphatic hydroxyl groups excluding tert-OH is 1. The van der Waals surface area contributed by atoms with E-state index in [0.29, 0.717) is 5.56 Å². The van der Waals surface area contributed by atoms with Crippen LogP contribution in [-0.2, 0) is 0 Å². The number of carbonyl (C=O) groups excluding carboxylic acids is 1. The normalized spacial score (nSPS) is 12.9. The summed E-state index contributed by atoms with van der Waals surface area (Å²) in [6.45, 7) is 3.89. The van der Waals surface area contributed by atoms with Crippen LogP contribution in [0.5, 0.6) is 0 Å². The van der Waals surface area contributed by atoms with E-state index < -0.39 is 0 Å². The molecule has 1 atom stereocenters. The lowest BCUT2D eigenvalue weighted by atomic mass is 10.0. The Morgan fingerprint density at radius 1 is 1.39 bits per heavy atom. The highest BCUT2D eigenvalue weighted by atomic mass is 16.3. The van der Waals surface area contributed by atoms with Gasteiger partial charge in [-0.2, -0.15) is 0 Å². The molecule has 0 saturated heterocycles. The minimum Gasteiger partial charge on any atom is -0.394 e. The summed E-state index contributed by atoms with van der Waals surface area (Å²) in [4.78, 5) is 15.3. The number of amides is 1. The number of aliphatic hydroxyl groups is 1. The van der Waals surface area contributed by atoms with Crippen molar-refractivity contribution < 1.29 is 9.90 Å². The molecule has 0 aliphatic rings. The molecular formula is C14H18N2O2. The monoisotopic (exact) mass is 246 g/mol. The van der Waals surface area contributed by atoms with Gasteiger partial charge < -0.3 is 15.4 Å². The minimum atomic E-state index is -0.220. The quantitative estimate of drug-likeness (QED) is 0.771. The first-order chi connectivity index (χ1) is 8.63. The van der Waals surface area contributed by atoms with E-state index in [0.717, 1.165) is 10.9 Å². The summed E-state index contributed by atoms with van der Waals surface area (Å²) < 4.78 is 0. The number of para-hydroxylation sites is 1. The van der Waals surface area contributed by atoms with Crippen molar-refractivity contribution in [2.45, 2.75) is 19.9 Å². The van der Waals surface area contributed by atoms with Crippen molar-refractivity contribution in [2.75, 3.05) is 6.61 Å². The second-order valence-electron chi connectivity index (χ2n) is 4.75. The van der Waals surface area contributed by atoms with Gasteiger partial charge in [0.15, 0.2) is 0 Å². The molecule has 0 spiro atoms. The Morgan fingerprint density at radius 2 is 2.17 bits per heavy atom. The summed E-state index contributed by atoms with van der Waals surface area (Å²) in [5, 5.41) is 13.1. The second kappa shape index (κ2) is 5.23. The molecule has 0 aliphatic heterocycles. The fourth-order valence-electron chi connectivity index (χ4n) is 1.94. The van der Waals surface area contributed by atoms with Crippen molar-refractivity contribution in [1.29, 1.82) is 0 Å². The summed E-state index contributed by atoms with van der Waals surface area (Å²) in [5.41, 5.74) is 1.44. The number of rotatable bonds is 4. The predicted molar refractivity (Wildman–Crippen MR) is 71.5 cm³/mol. The van der Waals surface area contributed by atoms with Crippen LogP contribution in [0, 0.1) is 5.92 Å². The van der Waals surface area contributed by atoms with Gasteiger partial charge in [0.05, 0.1) is 23.7 Å². The van der Waals surface area contributed by atoms with Gasteiger partial charge in [-0.1, -0.05) is 26.0 Å².